The summed E-state index contributed by atoms with van der Waals surface area (Å²) in [5.74, 6) is 0.760. The Balaban J connectivity index is 2.07. The quantitative estimate of drug-likeness (QED) is 0.838. The number of carbonyl (C=O) groups excluding carboxylic acids is 1. The average molecular weight is 294 g/mol. The van der Waals surface area contributed by atoms with Gasteiger partial charge < -0.3 is 14.5 Å². The van der Waals surface area contributed by atoms with E-state index in [0.717, 1.165) is 12.1 Å². The fourth-order valence-electron chi connectivity index (χ4n) is 2.46. The van der Waals surface area contributed by atoms with E-state index in [-0.39, 0.29) is 17.4 Å². The van der Waals surface area contributed by atoms with Crippen LogP contribution in [0.2, 0.25) is 0 Å². The number of likely N-dealkylation sites (tertiary alicyclic amines) is 1. The molecule has 0 aliphatic carbocycles. The topological polar surface area (TPSA) is 78.5 Å². The molecule has 0 saturated carbocycles. The first-order valence-corrected chi connectivity index (χ1v) is 7.06. The van der Waals surface area contributed by atoms with Crippen LogP contribution in [0.5, 0.6) is 0 Å². The second-order valence-corrected chi connectivity index (χ2v) is 5.46. The van der Waals surface area contributed by atoms with Crippen LogP contribution in [-0.2, 0) is 9.53 Å². The number of aromatic amines is 1. The maximum absolute atomic E-state index is 12.0. The molecule has 2 rings (SSSR count). The third kappa shape index (κ3) is 3.81. The molecule has 116 valence electrons. The van der Waals surface area contributed by atoms with E-state index in [0.29, 0.717) is 32.1 Å². The monoisotopic (exact) mass is 294 g/mol. The van der Waals surface area contributed by atoms with Gasteiger partial charge in [0.25, 0.3) is 5.56 Å². The number of aromatic nitrogens is 2. The summed E-state index contributed by atoms with van der Waals surface area (Å²) in [4.78, 5) is 34.4. The molecular formula is C14H22N4O3. The number of methoxy groups -OCH3 is 1. The molecule has 1 N–H and O–H groups in total. The lowest BCUT2D eigenvalue weighted by molar-refractivity contribution is -0.131. The van der Waals surface area contributed by atoms with Crippen LogP contribution in [0.3, 0.4) is 0 Å². The molecule has 1 aromatic rings. The van der Waals surface area contributed by atoms with Gasteiger partial charge in [0.15, 0.2) is 0 Å². The summed E-state index contributed by atoms with van der Waals surface area (Å²) in [6.07, 6.45) is 1.23. The zero-order chi connectivity index (χ0) is 15.4. The van der Waals surface area contributed by atoms with Crippen molar-refractivity contribution in [2.24, 2.45) is 0 Å². The van der Waals surface area contributed by atoms with Gasteiger partial charge >= 0.3 is 0 Å². The molecule has 1 saturated heterocycles. The summed E-state index contributed by atoms with van der Waals surface area (Å²) < 4.78 is 4.93. The Bertz CT molecular complexity index is 555. The van der Waals surface area contributed by atoms with Crippen molar-refractivity contribution in [1.29, 1.82) is 0 Å². The van der Waals surface area contributed by atoms with Gasteiger partial charge in [0.2, 0.25) is 11.9 Å². The molecule has 1 aliphatic heterocycles. The van der Waals surface area contributed by atoms with Gasteiger partial charge in [0.1, 0.15) is 0 Å². The predicted octanol–water partition coefficient (Wildman–Crippen LogP) is 0.188. The summed E-state index contributed by atoms with van der Waals surface area (Å²) in [5, 5.41) is 0. The number of nitrogens with one attached hydrogen (secondary N) is 1. The molecule has 7 heteroatoms. The van der Waals surface area contributed by atoms with Crippen LogP contribution in [0.1, 0.15) is 24.5 Å². The van der Waals surface area contributed by atoms with Crippen LogP contribution >= 0.6 is 0 Å². The van der Waals surface area contributed by atoms with Gasteiger partial charge in [-0.1, -0.05) is 0 Å². The molecule has 0 radical (unpaired) electrons. The number of amides is 1. The Hall–Kier alpha value is -1.89. The molecule has 1 aliphatic rings. The Morgan fingerprint density at radius 2 is 2.33 bits per heavy atom. The van der Waals surface area contributed by atoms with E-state index in [4.69, 9.17) is 4.74 Å². The molecule has 1 amide bonds. The standard InChI is InChI=1S/C14H22N4O3/c1-17(2)14-15-11(8-12(19)16-14)10-4-6-18(9-10)13(20)5-7-21-3/h8,10H,4-7,9H2,1-3H3,(H,15,16,19)/t10-/m1/s1. The van der Waals surface area contributed by atoms with Gasteiger partial charge in [0, 0.05) is 46.3 Å². The third-order valence-electron chi connectivity index (χ3n) is 3.65. The van der Waals surface area contributed by atoms with Gasteiger partial charge in [-0.15, -0.1) is 0 Å². The van der Waals surface area contributed by atoms with E-state index in [9.17, 15) is 9.59 Å². The summed E-state index contributed by atoms with van der Waals surface area (Å²) in [5.41, 5.74) is 0.595. The van der Waals surface area contributed by atoms with Gasteiger partial charge in [-0.05, 0) is 6.42 Å². The molecule has 1 fully saturated rings. The SMILES string of the molecule is COCCC(=O)N1CC[C@@H](c2cc(=O)[nH]c(N(C)C)n2)C1. The number of rotatable bonds is 5. The smallest absolute Gasteiger partial charge is 0.252 e. The van der Waals surface area contributed by atoms with Gasteiger partial charge in [0.05, 0.1) is 18.7 Å². The highest BCUT2D eigenvalue weighted by atomic mass is 16.5. The second-order valence-electron chi connectivity index (χ2n) is 5.46. The zero-order valence-electron chi connectivity index (χ0n) is 12.8. The van der Waals surface area contributed by atoms with Crippen molar-refractivity contribution in [3.05, 3.63) is 22.1 Å². The molecule has 1 aromatic heterocycles. The van der Waals surface area contributed by atoms with E-state index in [1.807, 2.05) is 19.0 Å². The number of hydrogen-bond donors (Lipinski definition) is 1. The van der Waals surface area contributed by atoms with Crippen LogP contribution in [0, 0.1) is 0 Å². The second kappa shape index (κ2) is 6.71. The number of nitrogens with zero attached hydrogens (tertiary/aromatic N) is 3. The van der Waals surface area contributed by atoms with Crippen molar-refractivity contribution in [1.82, 2.24) is 14.9 Å². The van der Waals surface area contributed by atoms with E-state index < -0.39 is 0 Å². The predicted molar refractivity (Wildman–Crippen MR) is 79.6 cm³/mol. The first-order chi connectivity index (χ1) is 10.0. The van der Waals surface area contributed by atoms with Crippen molar-refractivity contribution in [3.8, 4) is 0 Å². The lowest BCUT2D eigenvalue weighted by Crippen LogP contribution is -2.29. The van der Waals surface area contributed by atoms with Gasteiger partial charge in [-0.25, -0.2) is 4.98 Å². The van der Waals surface area contributed by atoms with Crippen LogP contribution in [0.15, 0.2) is 10.9 Å². The molecule has 7 nitrogen and oxygen atoms in total. The highest BCUT2D eigenvalue weighted by Gasteiger charge is 2.28. The third-order valence-corrected chi connectivity index (χ3v) is 3.65. The van der Waals surface area contributed by atoms with Crippen molar-refractivity contribution in [2.75, 3.05) is 45.8 Å². The number of carbonyl (C=O) groups is 1. The van der Waals surface area contributed by atoms with Crippen molar-refractivity contribution in [3.63, 3.8) is 0 Å². The zero-order valence-corrected chi connectivity index (χ0v) is 12.8. The maximum atomic E-state index is 12.0. The molecular weight excluding hydrogens is 272 g/mol. The minimum atomic E-state index is -0.159. The number of ether oxygens (including phenoxy) is 1. The molecule has 0 aromatic carbocycles. The number of H-pyrrole nitrogens is 1. The highest BCUT2D eigenvalue weighted by molar-refractivity contribution is 5.76. The van der Waals surface area contributed by atoms with Crippen molar-refractivity contribution < 1.29 is 9.53 Å². The van der Waals surface area contributed by atoms with Crippen LogP contribution in [-0.4, -0.2) is 61.7 Å². The molecule has 0 bridgehead atoms. The largest absolute Gasteiger partial charge is 0.384 e. The number of anilines is 1. The number of hydrogen-bond acceptors (Lipinski definition) is 5. The fourth-order valence-corrected chi connectivity index (χ4v) is 2.46. The van der Waals surface area contributed by atoms with Crippen LogP contribution in [0.25, 0.3) is 0 Å². The Morgan fingerprint density at radius 3 is 3.00 bits per heavy atom. The van der Waals surface area contributed by atoms with Crippen LogP contribution < -0.4 is 10.5 Å². The van der Waals surface area contributed by atoms with Gasteiger partial charge in [-0.2, -0.15) is 0 Å². The minimum Gasteiger partial charge on any atom is -0.384 e. The summed E-state index contributed by atoms with van der Waals surface area (Å²) in [6.45, 7) is 1.76. The average Bonchev–Trinajstić information content (AvgIpc) is 2.94. The molecule has 0 spiro atoms. The lowest BCUT2D eigenvalue weighted by atomic mass is 10.1. The Morgan fingerprint density at radius 1 is 1.57 bits per heavy atom. The summed E-state index contributed by atoms with van der Waals surface area (Å²) in [7, 11) is 5.25. The van der Waals surface area contributed by atoms with E-state index in [2.05, 4.69) is 9.97 Å². The minimum absolute atomic E-state index is 0.0945. The van der Waals surface area contributed by atoms with E-state index in [1.54, 1.807) is 12.0 Å². The van der Waals surface area contributed by atoms with Crippen LogP contribution in [0.4, 0.5) is 5.95 Å². The van der Waals surface area contributed by atoms with E-state index in [1.165, 1.54) is 6.07 Å². The van der Waals surface area contributed by atoms with E-state index >= 15 is 0 Å². The van der Waals surface area contributed by atoms with Crippen molar-refractivity contribution >= 4 is 11.9 Å². The van der Waals surface area contributed by atoms with Crippen molar-refractivity contribution in [2.45, 2.75) is 18.8 Å². The fraction of sp³-hybridized carbons (Fsp3) is 0.643. The summed E-state index contributed by atoms with van der Waals surface area (Å²) in [6, 6.07) is 1.53. The lowest BCUT2D eigenvalue weighted by Gasteiger charge is -2.17. The molecule has 1 atom stereocenters. The first-order valence-electron chi connectivity index (χ1n) is 7.06. The molecule has 0 unspecified atom stereocenters. The Kier molecular flexibility index (Phi) is 4.95. The highest BCUT2D eigenvalue weighted by Crippen LogP contribution is 2.26. The molecule has 2 heterocycles. The first kappa shape index (κ1) is 15.5. The maximum Gasteiger partial charge on any atom is 0.252 e. The molecule has 21 heavy (non-hydrogen) atoms. The Labute approximate surface area is 123 Å². The summed E-state index contributed by atoms with van der Waals surface area (Å²) >= 11 is 0. The normalized spacial score (nSPS) is 18.0. The van der Waals surface area contributed by atoms with Gasteiger partial charge in [-0.3, -0.25) is 14.6 Å².